The first-order chi connectivity index (χ1) is 11.6. The molecule has 0 saturated carbocycles. The van der Waals surface area contributed by atoms with Gasteiger partial charge in [-0.15, -0.1) is 12.4 Å². The van der Waals surface area contributed by atoms with Crippen LogP contribution in [-0.2, 0) is 13.0 Å². The van der Waals surface area contributed by atoms with Crippen LogP contribution in [0.4, 0.5) is 0 Å². The van der Waals surface area contributed by atoms with E-state index < -0.39 is 0 Å². The van der Waals surface area contributed by atoms with E-state index in [0.29, 0.717) is 17.5 Å². The van der Waals surface area contributed by atoms with Gasteiger partial charge in [0.2, 0.25) is 0 Å². The SMILES string of the molecule is CN(Cc1ccccc1Cl)C(=O)c1cccc(CC2CCNC2)c1.Cl. The molecule has 1 N–H and O–H groups in total. The Morgan fingerprint density at radius 2 is 2.04 bits per heavy atom. The highest BCUT2D eigenvalue weighted by atomic mass is 35.5. The van der Waals surface area contributed by atoms with Crippen molar-refractivity contribution >= 4 is 29.9 Å². The first kappa shape index (κ1) is 19.8. The molecule has 1 aliphatic heterocycles. The first-order valence-corrected chi connectivity index (χ1v) is 8.80. The lowest BCUT2D eigenvalue weighted by Crippen LogP contribution is -2.26. The summed E-state index contributed by atoms with van der Waals surface area (Å²) in [6, 6.07) is 15.7. The van der Waals surface area contributed by atoms with Crippen molar-refractivity contribution in [2.75, 3.05) is 20.1 Å². The van der Waals surface area contributed by atoms with Crippen molar-refractivity contribution in [3.63, 3.8) is 0 Å². The summed E-state index contributed by atoms with van der Waals surface area (Å²) in [6.45, 7) is 2.68. The van der Waals surface area contributed by atoms with Crippen LogP contribution in [0.3, 0.4) is 0 Å². The second-order valence-electron chi connectivity index (χ2n) is 6.52. The van der Waals surface area contributed by atoms with Crippen molar-refractivity contribution in [2.45, 2.75) is 19.4 Å². The molecule has 2 aromatic carbocycles. The molecule has 1 amide bonds. The molecule has 3 nitrogen and oxygen atoms in total. The summed E-state index contributed by atoms with van der Waals surface area (Å²) >= 11 is 6.20. The molecule has 0 aromatic heterocycles. The Morgan fingerprint density at radius 1 is 1.24 bits per heavy atom. The van der Waals surface area contributed by atoms with Gasteiger partial charge in [-0.25, -0.2) is 0 Å². The maximum Gasteiger partial charge on any atom is 0.253 e. The van der Waals surface area contributed by atoms with Crippen molar-refractivity contribution in [1.29, 1.82) is 0 Å². The average molecular weight is 379 g/mol. The highest BCUT2D eigenvalue weighted by Gasteiger charge is 2.17. The highest BCUT2D eigenvalue weighted by Crippen LogP contribution is 2.19. The highest BCUT2D eigenvalue weighted by molar-refractivity contribution is 6.31. The number of benzene rings is 2. The van der Waals surface area contributed by atoms with E-state index in [1.807, 2.05) is 49.5 Å². The van der Waals surface area contributed by atoms with Gasteiger partial charge in [0.25, 0.3) is 5.91 Å². The third-order valence-electron chi connectivity index (χ3n) is 4.57. The smallest absolute Gasteiger partial charge is 0.253 e. The van der Waals surface area contributed by atoms with Crippen LogP contribution in [0, 0.1) is 5.92 Å². The number of carbonyl (C=O) groups is 1. The number of rotatable bonds is 5. The zero-order chi connectivity index (χ0) is 16.9. The number of nitrogens with one attached hydrogen (secondary N) is 1. The van der Waals surface area contributed by atoms with Crippen molar-refractivity contribution < 1.29 is 4.79 Å². The van der Waals surface area contributed by atoms with Crippen LogP contribution in [0.25, 0.3) is 0 Å². The van der Waals surface area contributed by atoms with Crippen molar-refractivity contribution in [2.24, 2.45) is 5.92 Å². The summed E-state index contributed by atoms with van der Waals surface area (Å²) in [5.41, 5.74) is 2.94. The van der Waals surface area contributed by atoms with Gasteiger partial charge in [-0.1, -0.05) is 41.9 Å². The van der Waals surface area contributed by atoms with Crippen LogP contribution in [0.15, 0.2) is 48.5 Å². The summed E-state index contributed by atoms with van der Waals surface area (Å²) in [5, 5.41) is 4.09. The Kier molecular flexibility index (Phi) is 7.30. The second kappa shape index (κ2) is 9.23. The lowest BCUT2D eigenvalue weighted by atomic mass is 9.97. The van der Waals surface area contributed by atoms with Crippen molar-refractivity contribution in [1.82, 2.24) is 10.2 Å². The number of hydrogen-bond acceptors (Lipinski definition) is 2. The molecule has 0 spiro atoms. The number of halogens is 2. The summed E-state index contributed by atoms with van der Waals surface area (Å²) < 4.78 is 0. The zero-order valence-corrected chi connectivity index (χ0v) is 15.9. The number of hydrogen-bond donors (Lipinski definition) is 1. The van der Waals surface area contributed by atoms with E-state index in [1.54, 1.807) is 4.90 Å². The average Bonchev–Trinajstić information content (AvgIpc) is 3.09. The normalized spacial score (nSPS) is 16.3. The van der Waals surface area contributed by atoms with E-state index >= 15 is 0 Å². The van der Waals surface area contributed by atoms with E-state index in [0.717, 1.165) is 30.6 Å². The van der Waals surface area contributed by atoms with Crippen molar-refractivity contribution in [3.8, 4) is 0 Å². The Labute approximate surface area is 160 Å². The summed E-state index contributed by atoms with van der Waals surface area (Å²) in [4.78, 5) is 14.4. The molecule has 2 aromatic rings. The Hall–Kier alpha value is -1.55. The molecule has 0 aliphatic carbocycles. The van der Waals surface area contributed by atoms with Crippen LogP contribution in [0.5, 0.6) is 0 Å². The van der Waals surface area contributed by atoms with Crippen molar-refractivity contribution in [3.05, 3.63) is 70.2 Å². The fourth-order valence-corrected chi connectivity index (χ4v) is 3.42. The molecule has 1 unspecified atom stereocenters. The lowest BCUT2D eigenvalue weighted by Gasteiger charge is -2.19. The Balaban J connectivity index is 0.00000225. The van der Waals surface area contributed by atoms with Gasteiger partial charge < -0.3 is 10.2 Å². The van der Waals surface area contributed by atoms with Gasteiger partial charge in [0, 0.05) is 24.2 Å². The van der Waals surface area contributed by atoms with Gasteiger partial charge in [0.05, 0.1) is 0 Å². The van der Waals surface area contributed by atoms with Gasteiger partial charge in [0.1, 0.15) is 0 Å². The minimum atomic E-state index is 0. The Morgan fingerprint density at radius 3 is 2.76 bits per heavy atom. The molecule has 3 rings (SSSR count). The van der Waals surface area contributed by atoms with E-state index in [9.17, 15) is 4.79 Å². The monoisotopic (exact) mass is 378 g/mol. The summed E-state index contributed by atoms with van der Waals surface area (Å²) in [6.07, 6.45) is 2.24. The van der Waals surface area contributed by atoms with Crippen LogP contribution < -0.4 is 5.32 Å². The molecule has 1 saturated heterocycles. The van der Waals surface area contributed by atoms with Gasteiger partial charge in [-0.2, -0.15) is 0 Å². The topological polar surface area (TPSA) is 32.3 Å². The predicted octanol–water partition coefficient (Wildman–Crippen LogP) is 4.19. The van der Waals surface area contributed by atoms with E-state index in [1.165, 1.54) is 12.0 Å². The standard InChI is InChI=1S/C20H23ClN2O.ClH/c1-23(14-18-6-2-3-8-19(18)21)20(24)17-7-4-5-15(12-17)11-16-9-10-22-13-16;/h2-8,12,16,22H,9-11,13-14H2,1H3;1H. The van der Waals surface area contributed by atoms with Crippen LogP contribution in [-0.4, -0.2) is 30.9 Å². The molecule has 1 heterocycles. The number of nitrogens with zero attached hydrogens (tertiary/aromatic N) is 1. The molecule has 0 bridgehead atoms. The van der Waals surface area contributed by atoms with Crippen LogP contribution in [0.1, 0.15) is 27.9 Å². The first-order valence-electron chi connectivity index (χ1n) is 8.42. The summed E-state index contributed by atoms with van der Waals surface area (Å²) in [7, 11) is 1.82. The lowest BCUT2D eigenvalue weighted by molar-refractivity contribution is 0.0785. The fourth-order valence-electron chi connectivity index (χ4n) is 3.23. The fraction of sp³-hybridized carbons (Fsp3) is 0.350. The number of amides is 1. The molecular weight excluding hydrogens is 355 g/mol. The largest absolute Gasteiger partial charge is 0.337 e. The minimum Gasteiger partial charge on any atom is -0.337 e. The second-order valence-corrected chi connectivity index (χ2v) is 6.92. The molecule has 25 heavy (non-hydrogen) atoms. The maximum absolute atomic E-state index is 12.7. The van der Waals surface area contributed by atoms with Gasteiger partial charge >= 0.3 is 0 Å². The molecular formula is C20H24Cl2N2O. The molecule has 1 aliphatic rings. The van der Waals surface area contributed by atoms with Crippen LogP contribution in [0.2, 0.25) is 5.02 Å². The molecule has 1 fully saturated rings. The quantitative estimate of drug-likeness (QED) is 0.845. The van der Waals surface area contributed by atoms with Gasteiger partial charge in [-0.3, -0.25) is 4.79 Å². The predicted molar refractivity (Wildman–Crippen MR) is 106 cm³/mol. The van der Waals surface area contributed by atoms with E-state index in [4.69, 9.17) is 11.6 Å². The molecule has 134 valence electrons. The molecule has 5 heteroatoms. The Bertz CT molecular complexity index is 714. The summed E-state index contributed by atoms with van der Waals surface area (Å²) in [5.74, 6) is 0.706. The van der Waals surface area contributed by atoms with Crippen LogP contribution >= 0.6 is 24.0 Å². The van der Waals surface area contributed by atoms with Gasteiger partial charge in [0.15, 0.2) is 0 Å². The van der Waals surface area contributed by atoms with E-state index in [-0.39, 0.29) is 18.3 Å². The number of carbonyl (C=O) groups excluding carboxylic acids is 1. The third kappa shape index (κ3) is 5.21. The van der Waals surface area contributed by atoms with E-state index in [2.05, 4.69) is 11.4 Å². The minimum absolute atomic E-state index is 0. The van der Waals surface area contributed by atoms with Gasteiger partial charge in [-0.05, 0) is 61.2 Å². The molecule has 1 atom stereocenters. The maximum atomic E-state index is 12.7. The molecule has 0 radical (unpaired) electrons. The zero-order valence-electron chi connectivity index (χ0n) is 14.4. The third-order valence-corrected chi connectivity index (χ3v) is 4.94.